The Morgan fingerprint density at radius 3 is 3.07 bits per heavy atom. The fourth-order valence-electron chi connectivity index (χ4n) is 1.68. The summed E-state index contributed by atoms with van der Waals surface area (Å²) in [5, 5.41) is 0. The van der Waals surface area contributed by atoms with Crippen molar-refractivity contribution in [3.8, 4) is 0 Å². The first-order valence-electron chi connectivity index (χ1n) is 4.64. The first kappa shape index (κ1) is 8.99. The molecule has 4 nitrogen and oxygen atoms in total. The molecule has 0 radical (unpaired) electrons. The Kier molecular flexibility index (Phi) is 2.11. The standard InChI is InChI=1S/C10H11NO3/c1-2-14-10(13)8-4-3-7-9(12)5-6-11(7)8/h3-4H,2,5-6H2,1H3. The minimum Gasteiger partial charge on any atom is -0.461 e. The van der Waals surface area contributed by atoms with E-state index in [9.17, 15) is 9.59 Å². The summed E-state index contributed by atoms with van der Waals surface area (Å²) in [6, 6.07) is 3.33. The Hall–Kier alpha value is -1.58. The van der Waals surface area contributed by atoms with Crippen LogP contribution in [0.4, 0.5) is 0 Å². The molecule has 0 fully saturated rings. The molecule has 0 bridgehead atoms. The number of rotatable bonds is 2. The summed E-state index contributed by atoms with van der Waals surface area (Å²) in [7, 11) is 0. The molecule has 2 rings (SSSR count). The zero-order valence-electron chi connectivity index (χ0n) is 7.95. The van der Waals surface area contributed by atoms with Gasteiger partial charge >= 0.3 is 5.97 Å². The van der Waals surface area contributed by atoms with Crippen LogP contribution < -0.4 is 0 Å². The lowest BCUT2D eigenvalue weighted by molar-refractivity contribution is 0.0514. The Labute approximate surface area is 81.5 Å². The highest BCUT2D eigenvalue weighted by atomic mass is 16.5. The fraction of sp³-hybridized carbons (Fsp3) is 0.400. The number of fused-ring (bicyclic) bond motifs is 1. The smallest absolute Gasteiger partial charge is 0.354 e. The van der Waals surface area contributed by atoms with Gasteiger partial charge in [-0.1, -0.05) is 0 Å². The molecule has 1 aliphatic heterocycles. The van der Waals surface area contributed by atoms with Crippen LogP contribution in [0.25, 0.3) is 0 Å². The second kappa shape index (κ2) is 3.29. The lowest BCUT2D eigenvalue weighted by Gasteiger charge is -2.03. The summed E-state index contributed by atoms with van der Waals surface area (Å²) in [5.74, 6) is -0.256. The second-order valence-corrected chi connectivity index (χ2v) is 3.15. The minimum absolute atomic E-state index is 0.0977. The molecule has 1 aromatic heterocycles. The van der Waals surface area contributed by atoms with Crippen LogP contribution >= 0.6 is 0 Å². The maximum atomic E-state index is 11.4. The van der Waals surface area contributed by atoms with Crippen LogP contribution in [0.3, 0.4) is 0 Å². The van der Waals surface area contributed by atoms with Crippen LogP contribution in [0, 0.1) is 0 Å². The number of esters is 1. The van der Waals surface area contributed by atoms with Crippen molar-refractivity contribution >= 4 is 11.8 Å². The highest BCUT2D eigenvalue weighted by molar-refractivity contribution is 5.99. The van der Waals surface area contributed by atoms with Gasteiger partial charge in [0, 0.05) is 13.0 Å². The van der Waals surface area contributed by atoms with E-state index in [0.717, 1.165) is 0 Å². The number of ether oxygens (including phenoxy) is 1. The molecule has 4 heteroatoms. The number of hydrogen-bond acceptors (Lipinski definition) is 3. The minimum atomic E-state index is -0.353. The highest BCUT2D eigenvalue weighted by Crippen LogP contribution is 2.19. The monoisotopic (exact) mass is 193 g/mol. The van der Waals surface area contributed by atoms with Gasteiger partial charge in [-0.15, -0.1) is 0 Å². The van der Waals surface area contributed by atoms with Crippen LogP contribution in [-0.4, -0.2) is 22.9 Å². The summed E-state index contributed by atoms with van der Waals surface area (Å²) in [6.45, 7) is 2.71. The number of hydrogen-bond donors (Lipinski definition) is 0. The average molecular weight is 193 g/mol. The van der Waals surface area contributed by atoms with E-state index in [1.54, 1.807) is 23.6 Å². The van der Waals surface area contributed by atoms with Crippen molar-refractivity contribution in [2.24, 2.45) is 0 Å². The van der Waals surface area contributed by atoms with Crippen LogP contribution in [-0.2, 0) is 11.3 Å². The van der Waals surface area contributed by atoms with E-state index in [0.29, 0.717) is 31.0 Å². The number of carbonyl (C=O) groups is 2. The van der Waals surface area contributed by atoms with Gasteiger partial charge in [0.2, 0.25) is 0 Å². The van der Waals surface area contributed by atoms with Gasteiger partial charge in [-0.05, 0) is 19.1 Å². The summed E-state index contributed by atoms with van der Waals surface area (Å²) in [5.41, 5.74) is 1.10. The summed E-state index contributed by atoms with van der Waals surface area (Å²) in [6.07, 6.45) is 0.489. The quantitative estimate of drug-likeness (QED) is 0.664. The van der Waals surface area contributed by atoms with Gasteiger partial charge < -0.3 is 9.30 Å². The number of carbonyl (C=O) groups excluding carboxylic acids is 2. The molecule has 0 spiro atoms. The molecular formula is C10H11NO3. The molecule has 0 unspecified atom stereocenters. The lowest BCUT2D eigenvalue weighted by Crippen LogP contribution is -2.10. The van der Waals surface area contributed by atoms with E-state index < -0.39 is 0 Å². The van der Waals surface area contributed by atoms with E-state index in [1.165, 1.54) is 0 Å². The van der Waals surface area contributed by atoms with E-state index in [-0.39, 0.29) is 11.8 Å². The topological polar surface area (TPSA) is 48.3 Å². The van der Waals surface area contributed by atoms with Gasteiger partial charge in [-0.25, -0.2) is 4.79 Å². The first-order valence-corrected chi connectivity index (χ1v) is 4.64. The zero-order chi connectivity index (χ0) is 10.1. The van der Waals surface area contributed by atoms with E-state index in [2.05, 4.69) is 0 Å². The van der Waals surface area contributed by atoms with E-state index in [1.807, 2.05) is 0 Å². The summed E-state index contributed by atoms with van der Waals surface area (Å²) in [4.78, 5) is 22.7. The third-order valence-electron chi connectivity index (χ3n) is 2.31. The van der Waals surface area contributed by atoms with Gasteiger partial charge in [0.15, 0.2) is 5.78 Å². The maximum Gasteiger partial charge on any atom is 0.354 e. The largest absolute Gasteiger partial charge is 0.461 e. The third-order valence-corrected chi connectivity index (χ3v) is 2.31. The Morgan fingerprint density at radius 1 is 1.57 bits per heavy atom. The van der Waals surface area contributed by atoms with Crippen LogP contribution in [0.2, 0.25) is 0 Å². The number of nitrogens with zero attached hydrogens (tertiary/aromatic N) is 1. The molecule has 0 atom stereocenters. The van der Waals surface area contributed by atoms with Gasteiger partial charge in [-0.2, -0.15) is 0 Å². The van der Waals surface area contributed by atoms with Crippen molar-refractivity contribution in [3.05, 3.63) is 23.5 Å². The molecule has 0 N–H and O–H groups in total. The predicted octanol–water partition coefficient (Wildman–Crippen LogP) is 1.25. The Morgan fingerprint density at radius 2 is 2.36 bits per heavy atom. The molecular weight excluding hydrogens is 182 g/mol. The summed E-state index contributed by atoms with van der Waals surface area (Å²) >= 11 is 0. The normalized spacial score (nSPS) is 14.2. The van der Waals surface area contributed by atoms with Crippen molar-refractivity contribution in [2.45, 2.75) is 19.9 Å². The molecule has 0 amide bonds. The van der Waals surface area contributed by atoms with Crippen LogP contribution in [0.1, 0.15) is 34.3 Å². The molecule has 1 aliphatic rings. The Bertz CT molecular complexity index is 392. The third kappa shape index (κ3) is 1.23. The fourth-order valence-corrected chi connectivity index (χ4v) is 1.68. The number of ketones is 1. The zero-order valence-corrected chi connectivity index (χ0v) is 7.95. The van der Waals surface area contributed by atoms with E-state index >= 15 is 0 Å². The molecule has 0 aromatic carbocycles. The number of aromatic nitrogens is 1. The van der Waals surface area contributed by atoms with Crippen molar-refractivity contribution in [3.63, 3.8) is 0 Å². The molecule has 2 heterocycles. The first-order chi connectivity index (χ1) is 6.74. The van der Waals surface area contributed by atoms with Gasteiger partial charge in [-0.3, -0.25) is 4.79 Å². The van der Waals surface area contributed by atoms with E-state index in [4.69, 9.17) is 4.74 Å². The Balaban J connectivity index is 2.33. The van der Waals surface area contributed by atoms with Crippen molar-refractivity contribution in [1.82, 2.24) is 4.57 Å². The second-order valence-electron chi connectivity index (χ2n) is 3.15. The van der Waals surface area contributed by atoms with Gasteiger partial charge in [0.05, 0.1) is 12.3 Å². The van der Waals surface area contributed by atoms with Crippen LogP contribution in [0.5, 0.6) is 0 Å². The molecule has 0 saturated carbocycles. The highest BCUT2D eigenvalue weighted by Gasteiger charge is 2.24. The lowest BCUT2D eigenvalue weighted by atomic mass is 10.3. The van der Waals surface area contributed by atoms with Crippen molar-refractivity contribution in [2.75, 3.05) is 6.61 Å². The SMILES string of the molecule is CCOC(=O)c1ccc2n1CCC2=O. The molecule has 74 valence electrons. The van der Waals surface area contributed by atoms with Crippen LogP contribution in [0.15, 0.2) is 12.1 Å². The average Bonchev–Trinajstić information content (AvgIpc) is 2.69. The van der Waals surface area contributed by atoms with Gasteiger partial charge in [0.1, 0.15) is 5.69 Å². The van der Waals surface area contributed by atoms with Crippen molar-refractivity contribution < 1.29 is 14.3 Å². The molecule has 0 aliphatic carbocycles. The maximum absolute atomic E-state index is 11.4. The molecule has 14 heavy (non-hydrogen) atoms. The van der Waals surface area contributed by atoms with Gasteiger partial charge in [0.25, 0.3) is 0 Å². The summed E-state index contributed by atoms with van der Waals surface area (Å²) < 4.78 is 6.60. The molecule has 1 aromatic rings. The van der Waals surface area contributed by atoms with Crippen molar-refractivity contribution in [1.29, 1.82) is 0 Å². The number of Topliss-reactive ketones (excluding diaryl/α,β-unsaturated/α-hetero) is 1. The molecule has 0 saturated heterocycles. The predicted molar refractivity (Wildman–Crippen MR) is 49.3 cm³/mol.